The van der Waals surface area contributed by atoms with Gasteiger partial charge in [-0.15, -0.1) is 0 Å². The van der Waals surface area contributed by atoms with Crippen molar-refractivity contribution in [1.82, 2.24) is 10.4 Å². The summed E-state index contributed by atoms with van der Waals surface area (Å²) < 4.78 is 14.7. The van der Waals surface area contributed by atoms with Gasteiger partial charge in [0.2, 0.25) is 0 Å². The first-order valence-corrected chi connectivity index (χ1v) is 9.73. The van der Waals surface area contributed by atoms with Gasteiger partial charge in [-0.1, -0.05) is 29.3 Å². The fraction of sp³-hybridized carbons (Fsp3) is 0.350. The highest BCUT2D eigenvalue weighted by Gasteiger charge is 2.40. The number of benzene rings is 2. The summed E-state index contributed by atoms with van der Waals surface area (Å²) >= 11 is 12.5. The molecule has 1 unspecified atom stereocenters. The fourth-order valence-electron chi connectivity index (χ4n) is 3.61. The van der Waals surface area contributed by atoms with Crippen molar-refractivity contribution in [2.24, 2.45) is 0 Å². The van der Waals surface area contributed by atoms with Crippen LogP contribution in [-0.4, -0.2) is 43.2 Å². The Morgan fingerprint density at radius 1 is 1.36 bits per heavy atom. The lowest BCUT2D eigenvalue weighted by molar-refractivity contribution is -0.0634. The second kappa shape index (κ2) is 8.76. The highest BCUT2D eigenvalue weighted by molar-refractivity contribution is 6.42. The Morgan fingerprint density at radius 3 is 2.79 bits per heavy atom. The minimum Gasteiger partial charge on any atom is -0.374 e. The number of hydrogen-bond donors (Lipinski definition) is 3. The summed E-state index contributed by atoms with van der Waals surface area (Å²) in [6.07, 6.45) is 1.92. The molecule has 150 valence electrons. The Morgan fingerprint density at radius 2 is 2.14 bits per heavy atom. The number of hydroxylamine groups is 2. The van der Waals surface area contributed by atoms with E-state index >= 15 is 0 Å². The number of carbonyl (C=O) groups is 1. The van der Waals surface area contributed by atoms with Crippen molar-refractivity contribution in [1.29, 1.82) is 0 Å². The molecule has 0 spiro atoms. The maximum atomic E-state index is 14.7. The Bertz CT molecular complexity index is 871. The molecule has 0 radical (unpaired) electrons. The molecule has 8 heteroatoms. The van der Waals surface area contributed by atoms with Crippen LogP contribution in [0.5, 0.6) is 0 Å². The van der Waals surface area contributed by atoms with Crippen LogP contribution < -0.4 is 10.6 Å². The summed E-state index contributed by atoms with van der Waals surface area (Å²) in [5, 5.41) is 17.5. The number of anilines is 1. The molecular formula is C20H22Cl2FN3O2. The Hall–Kier alpha value is -1.70. The van der Waals surface area contributed by atoms with Gasteiger partial charge in [0.15, 0.2) is 0 Å². The molecular weight excluding hydrogens is 404 g/mol. The largest absolute Gasteiger partial charge is 0.374 e. The van der Waals surface area contributed by atoms with E-state index in [2.05, 4.69) is 10.6 Å². The molecule has 1 aliphatic rings. The highest BCUT2D eigenvalue weighted by Crippen LogP contribution is 2.41. The van der Waals surface area contributed by atoms with Crippen molar-refractivity contribution in [3.05, 3.63) is 62.9 Å². The zero-order chi connectivity index (χ0) is 20.3. The van der Waals surface area contributed by atoms with Crippen molar-refractivity contribution in [3.63, 3.8) is 0 Å². The van der Waals surface area contributed by atoms with Crippen molar-refractivity contribution in [2.75, 3.05) is 32.0 Å². The first-order valence-electron chi connectivity index (χ1n) is 8.97. The number of rotatable bonds is 7. The second-order valence-electron chi connectivity index (χ2n) is 7.01. The van der Waals surface area contributed by atoms with E-state index in [1.165, 1.54) is 12.1 Å². The Kier molecular flexibility index (Phi) is 6.58. The van der Waals surface area contributed by atoms with Crippen LogP contribution in [0.1, 0.15) is 27.9 Å². The van der Waals surface area contributed by atoms with Gasteiger partial charge in [-0.2, -0.15) is 5.06 Å². The van der Waals surface area contributed by atoms with Crippen LogP contribution in [0.4, 0.5) is 10.1 Å². The van der Waals surface area contributed by atoms with Crippen molar-refractivity contribution in [2.45, 2.75) is 18.4 Å². The number of likely N-dealkylation sites (N-methyl/N-ethyl adjacent to an activating group) is 1. The quantitative estimate of drug-likeness (QED) is 0.353. The lowest BCUT2D eigenvalue weighted by Crippen LogP contribution is -2.39. The maximum absolute atomic E-state index is 14.7. The molecule has 1 saturated heterocycles. The molecule has 0 bridgehead atoms. The van der Waals surface area contributed by atoms with E-state index in [0.717, 1.165) is 16.9 Å². The van der Waals surface area contributed by atoms with E-state index in [0.29, 0.717) is 54.3 Å². The van der Waals surface area contributed by atoms with Crippen LogP contribution in [0.2, 0.25) is 10.0 Å². The van der Waals surface area contributed by atoms with Crippen LogP contribution in [0.3, 0.4) is 0 Å². The maximum Gasteiger partial charge on any atom is 0.150 e. The number of carbonyl (C=O) groups excluding carboxylic acids is 1. The topological polar surface area (TPSA) is 64.6 Å². The average Bonchev–Trinajstić information content (AvgIpc) is 3.12. The van der Waals surface area contributed by atoms with E-state index in [-0.39, 0.29) is 5.02 Å². The molecule has 1 heterocycles. The summed E-state index contributed by atoms with van der Waals surface area (Å²) in [5.41, 5.74) is 1.57. The number of nitrogens with one attached hydrogen (secondary N) is 2. The van der Waals surface area contributed by atoms with E-state index in [1.807, 2.05) is 12.1 Å². The average molecular weight is 426 g/mol. The summed E-state index contributed by atoms with van der Waals surface area (Å²) in [6.45, 7) is 1.57. The van der Waals surface area contributed by atoms with Gasteiger partial charge < -0.3 is 15.8 Å². The van der Waals surface area contributed by atoms with E-state index in [9.17, 15) is 14.4 Å². The molecule has 3 N–H and O–H groups in total. The predicted octanol–water partition coefficient (Wildman–Crippen LogP) is 4.11. The molecule has 2 aromatic carbocycles. The lowest BCUT2D eigenvalue weighted by Gasteiger charge is -2.33. The first-order chi connectivity index (χ1) is 13.4. The Labute approximate surface area is 173 Å². The van der Waals surface area contributed by atoms with Crippen molar-refractivity contribution in [3.8, 4) is 0 Å². The van der Waals surface area contributed by atoms with Crippen LogP contribution in [0.15, 0.2) is 30.3 Å². The van der Waals surface area contributed by atoms with Crippen molar-refractivity contribution >= 4 is 35.2 Å². The van der Waals surface area contributed by atoms with Gasteiger partial charge in [-0.05, 0) is 49.2 Å². The molecule has 28 heavy (non-hydrogen) atoms. The molecule has 0 amide bonds. The third kappa shape index (κ3) is 4.31. The lowest BCUT2D eigenvalue weighted by atomic mass is 9.87. The van der Waals surface area contributed by atoms with Gasteiger partial charge in [0, 0.05) is 37.0 Å². The molecule has 0 aliphatic carbocycles. The molecule has 0 saturated carbocycles. The zero-order valence-corrected chi connectivity index (χ0v) is 16.9. The van der Waals surface area contributed by atoms with Gasteiger partial charge in [0.1, 0.15) is 12.1 Å². The van der Waals surface area contributed by atoms with E-state index in [1.54, 1.807) is 13.1 Å². The number of hydrogen-bond acceptors (Lipinski definition) is 5. The minimum atomic E-state index is -0.779. The first kappa shape index (κ1) is 21.0. The Balaban J connectivity index is 1.96. The molecule has 1 fully saturated rings. The zero-order valence-electron chi connectivity index (χ0n) is 15.4. The SMILES string of the molecule is CN(O)CCc1ccc(NC2(c3c(F)ccc(Cl)c3Cl)CCNC2)cc1C=O. The van der Waals surface area contributed by atoms with Gasteiger partial charge >= 0.3 is 0 Å². The van der Waals surface area contributed by atoms with Crippen molar-refractivity contribution < 1.29 is 14.4 Å². The molecule has 5 nitrogen and oxygen atoms in total. The molecule has 1 aliphatic heterocycles. The summed E-state index contributed by atoms with van der Waals surface area (Å²) in [5.74, 6) is -0.427. The van der Waals surface area contributed by atoms with Crippen LogP contribution in [0.25, 0.3) is 0 Å². The van der Waals surface area contributed by atoms with Crippen LogP contribution >= 0.6 is 23.2 Å². The van der Waals surface area contributed by atoms with E-state index in [4.69, 9.17) is 23.2 Å². The monoisotopic (exact) mass is 425 g/mol. The molecule has 3 rings (SSSR count). The smallest absolute Gasteiger partial charge is 0.150 e. The number of nitrogens with zero attached hydrogens (tertiary/aromatic N) is 1. The summed E-state index contributed by atoms with van der Waals surface area (Å²) in [7, 11) is 1.55. The predicted molar refractivity (Wildman–Crippen MR) is 109 cm³/mol. The summed E-state index contributed by atoms with van der Waals surface area (Å²) in [6, 6.07) is 8.17. The minimum absolute atomic E-state index is 0.191. The van der Waals surface area contributed by atoms with Gasteiger partial charge in [0.25, 0.3) is 0 Å². The van der Waals surface area contributed by atoms with Crippen LogP contribution in [-0.2, 0) is 12.0 Å². The standard InChI is InChI=1S/C20H22Cl2FN3O2/c1-26(28)9-6-13-2-3-15(10-14(13)11-27)25-20(7-8-24-12-20)18-17(23)5-4-16(21)19(18)22/h2-5,10-11,24-25,28H,6-9,12H2,1H3. The second-order valence-corrected chi connectivity index (χ2v) is 7.80. The third-order valence-corrected chi connectivity index (χ3v) is 5.84. The number of halogens is 3. The van der Waals surface area contributed by atoms with Gasteiger partial charge in [-0.25, -0.2) is 4.39 Å². The van der Waals surface area contributed by atoms with E-state index < -0.39 is 11.4 Å². The van der Waals surface area contributed by atoms with Crippen LogP contribution in [0, 0.1) is 5.82 Å². The highest BCUT2D eigenvalue weighted by atomic mass is 35.5. The summed E-state index contributed by atoms with van der Waals surface area (Å²) in [4.78, 5) is 11.5. The molecule has 2 aromatic rings. The molecule has 1 atom stereocenters. The van der Waals surface area contributed by atoms with Gasteiger partial charge in [0.05, 0.1) is 15.6 Å². The fourth-order valence-corrected chi connectivity index (χ4v) is 4.10. The molecule has 0 aromatic heterocycles. The number of aldehydes is 1. The normalized spacial score (nSPS) is 19.2. The third-order valence-electron chi connectivity index (χ3n) is 5.04. The van der Waals surface area contributed by atoms with Gasteiger partial charge in [-0.3, -0.25) is 4.79 Å².